The van der Waals surface area contributed by atoms with Gasteiger partial charge in [-0.15, -0.1) is 0 Å². The highest BCUT2D eigenvalue weighted by atomic mass is 16.5. The highest BCUT2D eigenvalue weighted by Crippen LogP contribution is 2.04. The van der Waals surface area contributed by atoms with Gasteiger partial charge in [-0.3, -0.25) is 4.79 Å². The number of carbonyl (C=O) groups is 1. The summed E-state index contributed by atoms with van der Waals surface area (Å²) in [5, 5.41) is 0. The minimum Gasteiger partial charge on any atom is -0.466 e. The van der Waals surface area contributed by atoms with E-state index in [1.165, 1.54) is 5.56 Å². The lowest BCUT2D eigenvalue weighted by molar-refractivity contribution is -0.143. The van der Waals surface area contributed by atoms with Crippen LogP contribution in [-0.2, 0) is 9.53 Å². The summed E-state index contributed by atoms with van der Waals surface area (Å²) in [4.78, 5) is 11.0. The number of esters is 1. The van der Waals surface area contributed by atoms with Gasteiger partial charge in [0.15, 0.2) is 0 Å². The summed E-state index contributed by atoms with van der Waals surface area (Å²) in [6.45, 7) is 2.30. The second-order valence-electron chi connectivity index (χ2n) is 3.51. The second-order valence-corrected chi connectivity index (χ2v) is 3.51. The molecule has 1 aromatic rings. The Morgan fingerprint density at radius 1 is 1.31 bits per heavy atom. The zero-order chi connectivity index (χ0) is 11.6. The number of benzene rings is 1. The molecular weight excluding hydrogens is 200 g/mol. The molecule has 0 aliphatic heterocycles. The maximum atomic E-state index is 11.0. The summed E-state index contributed by atoms with van der Waals surface area (Å²) in [6, 6.07) is 10.1. The van der Waals surface area contributed by atoms with Crippen LogP contribution in [0.15, 0.2) is 36.4 Å². The molecule has 16 heavy (non-hydrogen) atoms. The Morgan fingerprint density at radius 2 is 2.06 bits per heavy atom. The van der Waals surface area contributed by atoms with Gasteiger partial charge in [0.1, 0.15) is 0 Å². The Balaban J connectivity index is 2.16. The van der Waals surface area contributed by atoms with Crippen molar-refractivity contribution < 1.29 is 9.53 Å². The predicted molar refractivity (Wildman–Crippen MR) is 66.0 cm³/mol. The van der Waals surface area contributed by atoms with E-state index in [0.29, 0.717) is 13.0 Å². The molecule has 2 heteroatoms. The van der Waals surface area contributed by atoms with Crippen molar-refractivity contribution in [3.05, 3.63) is 42.0 Å². The third kappa shape index (κ3) is 5.35. The first kappa shape index (κ1) is 12.5. The smallest absolute Gasteiger partial charge is 0.305 e. The Labute approximate surface area is 96.9 Å². The van der Waals surface area contributed by atoms with Crippen LogP contribution < -0.4 is 0 Å². The van der Waals surface area contributed by atoms with Crippen molar-refractivity contribution in [3.63, 3.8) is 0 Å². The number of ether oxygens (including phenoxy) is 1. The maximum absolute atomic E-state index is 11.0. The lowest BCUT2D eigenvalue weighted by Crippen LogP contribution is -2.02. The van der Waals surface area contributed by atoms with Crippen LogP contribution in [0.5, 0.6) is 0 Å². The van der Waals surface area contributed by atoms with Crippen molar-refractivity contribution in [1.29, 1.82) is 0 Å². The Kier molecular flexibility index (Phi) is 6.00. The van der Waals surface area contributed by atoms with Gasteiger partial charge in [0.25, 0.3) is 0 Å². The average Bonchev–Trinajstić information content (AvgIpc) is 2.30. The van der Waals surface area contributed by atoms with E-state index in [9.17, 15) is 4.79 Å². The molecule has 0 saturated heterocycles. The summed E-state index contributed by atoms with van der Waals surface area (Å²) < 4.78 is 4.84. The number of unbranched alkanes of at least 4 members (excludes halogenated alkanes) is 1. The van der Waals surface area contributed by atoms with Crippen LogP contribution in [0, 0.1) is 0 Å². The minimum absolute atomic E-state index is 0.101. The number of carbonyl (C=O) groups excluding carboxylic acids is 1. The molecule has 0 spiro atoms. The standard InChI is InChI=1S/C14H18O2/c1-2-16-14(15)12-8-4-7-11-13-9-5-3-6-10-13/h3,5-7,9-11H,2,4,8,12H2,1H3/b11-7+. The topological polar surface area (TPSA) is 26.3 Å². The highest BCUT2D eigenvalue weighted by Gasteiger charge is 1.98. The van der Waals surface area contributed by atoms with E-state index in [1.54, 1.807) is 0 Å². The number of allylic oxidation sites excluding steroid dienone is 1. The third-order valence-corrected chi connectivity index (χ3v) is 2.17. The molecule has 0 atom stereocenters. The van der Waals surface area contributed by atoms with Crippen LogP contribution in [-0.4, -0.2) is 12.6 Å². The SMILES string of the molecule is CCOC(=O)CCC/C=C/c1ccccc1. The van der Waals surface area contributed by atoms with E-state index in [-0.39, 0.29) is 5.97 Å². The van der Waals surface area contributed by atoms with E-state index >= 15 is 0 Å². The van der Waals surface area contributed by atoms with Crippen molar-refractivity contribution in [3.8, 4) is 0 Å². The summed E-state index contributed by atoms with van der Waals surface area (Å²) in [5.41, 5.74) is 1.19. The summed E-state index contributed by atoms with van der Waals surface area (Å²) >= 11 is 0. The Hall–Kier alpha value is -1.57. The van der Waals surface area contributed by atoms with Gasteiger partial charge >= 0.3 is 5.97 Å². The lowest BCUT2D eigenvalue weighted by atomic mass is 10.1. The van der Waals surface area contributed by atoms with Crippen LogP contribution in [0.3, 0.4) is 0 Å². The highest BCUT2D eigenvalue weighted by molar-refractivity contribution is 5.69. The second kappa shape index (κ2) is 7.69. The predicted octanol–water partition coefficient (Wildman–Crippen LogP) is 3.43. The van der Waals surface area contributed by atoms with Gasteiger partial charge in [0, 0.05) is 6.42 Å². The average molecular weight is 218 g/mol. The first-order valence-corrected chi connectivity index (χ1v) is 5.70. The molecule has 0 saturated carbocycles. The number of hydrogen-bond donors (Lipinski definition) is 0. The van der Waals surface area contributed by atoms with Crippen LogP contribution in [0.1, 0.15) is 31.7 Å². The molecule has 0 aliphatic carbocycles. The van der Waals surface area contributed by atoms with Crippen LogP contribution in [0.25, 0.3) is 6.08 Å². The molecule has 0 fully saturated rings. The molecule has 0 radical (unpaired) electrons. The first-order chi connectivity index (χ1) is 7.83. The molecule has 0 aliphatic rings. The molecule has 0 heterocycles. The van der Waals surface area contributed by atoms with Gasteiger partial charge in [-0.25, -0.2) is 0 Å². The normalized spacial score (nSPS) is 10.6. The zero-order valence-corrected chi connectivity index (χ0v) is 9.69. The van der Waals surface area contributed by atoms with Crippen molar-refractivity contribution in [2.75, 3.05) is 6.61 Å². The van der Waals surface area contributed by atoms with Crippen LogP contribution >= 0.6 is 0 Å². The molecule has 0 aromatic heterocycles. The third-order valence-electron chi connectivity index (χ3n) is 2.17. The summed E-state index contributed by atoms with van der Waals surface area (Å²) in [7, 11) is 0. The first-order valence-electron chi connectivity index (χ1n) is 5.70. The van der Waals surface area contributed by atoms with Crippen molar-refractivity contribution in [2.45, 2.75) is 26.2 Å². The van der Waals surface area contributed by atoms with Crippen LogP contribution in [0.2, 0.25) is 0 Å². The summed E-state index contributed by atoms with van der Waals surface area (Å²) in [6.07, 6.45) is 6.43. The van der Waals surface area contributed by atoms with Crippen molar-refractivity contribution in [1.82, 2.24) is 0 Å². The molecule has 86 valence electrons. The minimum atomic E-state index is -0.101. The van der Waals surface area contributed by atoms with Gasteiger partial charge in [-0.1, -0.05) is 42.5 Å². The Bertz CT molecular complexity index is 328. The van der Waals surface area contributed by atoms with E-state index < -0.39 is 0 Å². The van der Waals surface area contributed by atoms with E-state index in [2.05, 4.69) is 24.3 Å². The molecule has 0 amide bonds. The number of hydrogen-bond acceptors (Lipinski definition) is 2. The van der Waals surface area contributed by atoms with Gasteiger partial charge in [0.2, 0.25) is 0 Å². The van der Waals surface area contributed by atoms with E-state index in [4.69, 9.17) is 4.74 Å². The van der Waals surface area contributed by atoms with Gasteiger partial charge < -0.3 is 4.74 Å². The molecule has 0 bridgehead atoms. The molecule has 2 nitrogen and oxygen atoms in total. The van der Waals surface area contributed by atoms with Gasteiger partial charge in [0.05, 0.1) is 6.61 Å². The molecular formula is C14H18O2. The fourth-order valence-corrected chi connectivity index (χ4v) is 1.38. The molecule has 0 N–H and O–H groups in total. The lowest BCUT2D eigenvalue weighted by Gasteiger charge is -1.99. The quantitative estimate of drug-likeness (QED) is 0.540. The van der Waals surface area contributed by atoms with Crippen LogP contribution in [0.4, 0.5) is 0 Å². The van der Waals surface area contributed by atoms with Crippen molar-refractivity contribution >= 4 is 12.0 Å². The number of rotatable bonds is 6. The zero-order valence-electron chi connectivity index (χ0n) is 9.69. The molecule has 1 aromatic carbocycles. The van der Waals surface area contributed by atoms with E-state index in [1.807, 2.05) is 25.1 Å². The summed E-state index contributed by atoms with van der Waals surface area (Å²) in [5.74, 6) is -0.101. The van der Waals surface area contributed by atoms with Crippen molar-refractivity contribution in [2.24, 2.45) is 0 Å². The monoisotopic (exact) mass is 218 g/mol. The van der Waals surface area contributed by atoms with E-state index in [0.717, 1.165) is 12.8 Å². The fraction of sp³-hybridized carbons (Fsp3) is 0.357. The molecule has 0 unspecified atom stereocenters. The Morgan fingerprint density at radius 3 is 2.75 bits per heavy atom. The van der Waals surface area contributed by atoms with Gasteiger partial charge in [-0.2, -0.15) is 0 Å². The maximum Gasteiger partial charge on any atom is 0.305 e. The fourth-order valence-electron chi connectivity index (χ4n) is 1.38. The van der Waals surface area contributed by atoms with Gasteiger partial charge in [-0.05, 0) is 25.3 Å². The largest absolute Gasteiger partial charge is 0.466 e. The molecule has 1 rings (SSSR count).